The summed E-state index contributed by atoms with van der Waals surface area (Å²) in [5.74, 6) is -1.72. The second kappa shape index (κ2) is 9.44. The molecule has 2 aliphatic heterocycles. The Morgan fingerprint density at radius 3 is 2.74 bits per heavy atom. The highest BCUT2D eigenvalue weighted by Crippen LogP contribution is 2.46. The van der Waals surface area contributed by atoms with Gasteiger partial charge in [0, 0.05) is 36.6 Å². The Bertz CT molecular complexity index is 1510. The van der Waals surface area contributed by atoms with Crippen LogP contribution in [0.1, 0.15) is 42.7 Å². The molecule has 2 aromatic carbocycles. The minimum atomic E-state index is -1.02. The Hall–Kier alpha value is -3.90. The van der Waals surface area contributed by atoms with E-state index in [1.165, 1.54) is 29.0 Å². The van der Waals surface area contributed by atoms with Crippen LogP contribution >= 0.6 is 11.6 Å². The minimum absolute atomic E-state index is 0.0413. The molecule has 0 aliphatic carbocycles. The van der Waals surface area contributed by atoms with Crippen LogP contribution in [0.15, 0.2) is 42.5 Å². The summed E-state index contributed by atoms with van der Waals surface area (Å²) in [7, 11) is 1.52. The molecule has 2 N–H and O–H groups in total. The Kier molecular flexibility index (Phi) is 6.40. The van der Waals surface area contributed by atoms with Gasteiger partial charge in [-0.2, -0.15) is 5.26 Å². The monoisotopic (exact) mass is 535 g/mol. The topological polar surface area (TPSA) is 109 Å². The number of carbonyl (C=O) groups is 3. The van der Waals surface area contributed by atoms with Crippen LogP contribution in [0.4, 0.5) is 10.1 Å². The van der Waals surface area contributed by atoms with Crippen LogP contribution in [0.2, 0.25) is 5.02 Å². The largest absolute Gasteiger partial charge is 0.350 e. The molecular formula is C28H27ClFN5O3. The number of aromatic nitrogens is 1. The predicted octanol–water partition coefficient (Wildman–Crippen LogP) is 4.46. The molecule has 10 heteroatoms. The van der Waals surface area contributed by atoms with Gasteiger partial charge in [-0.25, -0.2) is 4.39 Å². The van der Waals surface area contributed by atoms with Gasteiger partial charge in [-0.05, 0) is 42.2 Å². The Morgan fingerprint density at radius 1 is 1.29 bits per heavy atom. The summed E-state index contributed by atoms with van der Waals surface area (Å²) in [4.78, 5) is 46.3. The van der Waals surface area contributed by atoms with Crippen molar-refractivity contribution in [2.75, 3.05) is 18.9 Å². The van der Waals surface area contributed by atoms with E-state index in [4.69, 9.17) is 11.6 Å². The van der Waals surface area contributed by atoms with E-state index in [1.807, 2.05) is 32.0 Å². The van der Waals surface area contributed by atoms with E-state index in [-0.39, 0.29) is 40.9 Å². The highest BCUT2D eigenvalue weighted by atomic mass is 35.5. The van der Waals surface area contributed by atoms with E-state index in [2.05, 4.69) is 16.4 Å². The number of nitrogens with zero attached hydrogens (tertiary/aromatic N) is 3. The number of likely N-dealkylation sites (tertiary alicyclic amines) is 1. The van der Waals surface area contributed by atoms with Crippen molar-refractivity contribution in [1.82, 2.24) is 14.8 Å². The molecule has 3 atom stereocenters. The number of aromatic amines is 1. The Morgan fingerprint density at radius 2 is 2.03 bits per heavy atom. The lowest BCUT2D eigenvalue weighted by atomic mass is 9.80. The van der Waals surface area contributed by atoms with E-state index < -0.39 is 35.1 Å². The zero-order valence-electron chi connectivity index (χ0n) is 21.2. The van der Waals surface area contributed by atoms with Gasteiger partial charge in [-0.1, -0.05) is 43.6 Å². The number of nitriles is 1. The zero-order chi connectivity index (χ0) is 27.4. The maximum Gasteiger partial charge on any atom is 0.270 e. The number of anilines is 1. The van der Waals surface area contributed by atoms with Crippen LogP contribution in [-0.2, 0) is 15.0 Å². The number of rotatable bonds is 5. The molecule has 0 saturated carbocycles. The molecule has 38 heavy (non-hydrogen) atoms. The zero-order valence-corrected chi connectivity index (χ0v) is 22.0. The third-order valence-electron chi connectivity index (χ3n) is 7.60. The number of hydrogen-bond acceptors (Lipinski definition) is 4. The average molecular weight is 536 g/mol. The molecule has 1 aromatic heterocycles. The number of H-pyrrole nitrogens is 1. The molecule has 1 saturated heterocycles. The van der Waals surface area contributed by atoms with Gasteiger partial charge in [0.25, 0.3) is 5.91 Å². The first kappa shape index (κ1) is 25.7. The fourth-order valence-corrected chi connectivity index (χ4v) is 5.80. The summed E-state index contributed by atoms with van der Waals surface area (Å²) in [6.07, 6.45) is 0.512. The summed E-state index contributed by atoms with van der Waals surface area (Å²) < 4.78 is 14.5. The molecule has 8 nitrogen and oxygen atoms in total. The second-order valence-electron chi connectivity index (χ2n) is 10.5. The fourth-order valence-electron chi connectivity index (χ4n) is 5.64. The van der Waals surface area contributed by atoms with E-state index >= 15 is 0 Å². The van der Waals surface area contributed by atoms with Crippen molar-refractivity contribution in [3.8, 4) is 6.07 Å². The highest BCUT2D eigenvalue weighted by molar-refractivity contribution is 6.31. The molecule has 196 valence electrons. The van der Waals surface area contributed by atoms with Crippen molar-refractivity contribution in [1.29, 1.82) is 5.26 Å². The highest BCUT2D eigenvalue weighted by Gasteiger charge is 2.56. The van der Waals surface area contributed by atoms with Crippen LogP contribution in [0.5, 0.6) is 0 Å². The number of carbonyl (C=O) groups excluding carboxylic acids is 3. The second-order valence-corrected chi connectivity index (χ2v) is 10.9. The molecule has 1 spiro atoms. The summed E-state index contributed by atoms with van der Waals surface area (Å²) in [6.45, 7) is 3.92. The van der Waals surface area contributed by atoms with Crippen LogP contribution in [-0.4, -0.2) is 58.2 Å². The van der Waals surface area contributed by atoms with Crippen LogP contribution in [0.3, 0.4) is 0 Å². The molecule has 3 aromatic rings. The fraction of sp³-hybridized carbons (Fsp3) is 0.357. The summed E-state index contributed by atoms with van der Waals surface area (Å²) in [5, 5.41) is 13.0. The SMILES string of the molecule is CC(C)C[C@@H](C(=O)N1C[C@]2(C[C@H]1C#N)C(=O)Nc1ccccc12)N(C)C(=O)c1cc2c(F)c(Cl)ccc2[nH]1. The first-order valence-electron chi connectivity index (χ1n) is 12.4. The molecule has 1 fully saturated rings. The van der Waals surface area contributed by atoms with Crippen LogP contribution < -0.4 is 5.32 Å². The number of fused-ring (bicyclic) bond motifs is 3. The van der Waals surface area contributed by atoms with E-state index in [1.54, 1.807) is 12.1 Å². The average Bonchev–Trinajstić information content (AvgIpc) is 3.58. The number of benzene rings is 2. The molecule has 0 unspecified atom stereocenters. The first-order valence-corrected chi connectivity index (χ1v) is 12.8. The lowest BCUT2D eigenvalue weighted by Crippen LogP contribution is -2.52. The van der Waals surface area contributed by atoms with Crippen molar-refractivity contribution < 1.29 is 18.8 Å². The Balaban J connectivity index is 1.46. The maximum atomic E-state index is 14.5. The minimum Gasteiger partial charge on any atom is -0.350 e. The van der Waals surface area contributed by atoms with Crippen molar-refractivity contribution in [2.45, 2.75) is 44.2 Å². The first-order chi connectivity index (χ1) is 18.1. The van der Waals surface area contributed by atoms with Crippen molar-refractivity contribution in [3.05, 3.63) is 64.6 Å². The summed E-state index contributed by atoms with van der Waals surface area (Å²) >= 11 is 5.89. The van der Waals surface area contributed by atoms with E-state index in [9.17, 15) is 24.0 Å². The molecule has 0 bridgehead atoms. The van der Waals surface area contributed by atoms with Gasteiger partial charge in [0.1, 0.15) is 17.8 Å². The number of likely N-dealkylation sites (N-methyl/N-ethyl adjacent to an activating group) is 1. The lowest BCUT2D eigenvalue weighted by Gasteiger charge is -2.33. The molecule has 5 rings (SSSR count). The Labute approximate surface area is 224 Å². The maximum absolute atomic E-state index is 14.5. The number of halogens is 2. The van der Waals surface area contributed by atoms with Gasteiger partial charge in [0.2, 0.25) is 11.8 Å². The van der Waals surface area contributed by atoms with Crippen molar-refractivity contribution in [2.24, 2.45) is 5.92 Å². The third-order valence-corrected chi connectivity index (χ3v) is 7.90. The summed E-state index contributed by atoms with van der Waals surface area (Å²) in [6, 6.07) is 12.1. The lowest BCUT2D eigenvalue weighted by molar-refractivity contribution is -0.136. The quantitative estimate of drug-likeness (QED) is 0.502. The van der Waals surface area contributed by atoms with Crippen molar-refractivity contribution >= 4 is 45.9 Å². The van der Waals surface area contributed by atoms with Gasteiger partial charge in [0.15, 0.2) is 5.82 Å². The predicted molar refractivity (Wildman–Crippen MR) is 141 cm³/mol. The van der Waals surface area contributed by atoms with Gasteiger partial charge >= 0.3 is 0 Å². The van der Waals surface area contributed by atoms with Crippen LogP contribution in [0.25, 0.3) is 10.9 Å². The van der Waals surface area contributed by atoms with Gasteiger partial charge in [0.05, 0.1) is 16.5 Å². The number of hydrogen-bond donors (Lipinski definition) is 2. The van der Waals surface area contributed by atoms with Crippen LogP contribution in [0, 0.1) is 23.1 Å². The number of amides is 3. The van der Waals surface area contributed by atoms with Gasteiger partial charge in [-0.3, -0.25) is 14.4 Å². The number of para-hydroxylation sites is 1. The molecule has 2 aliphatic rings. The van der Waals surface area contributed by atoms with Gasteiger partial charge < -0.3 is 20.1 Å². The molecule has 0 radical (unpaired) electrons. The normalized spacial score (nSPS) is 21.0. The molecule has 3 amide bonds. The van der Waals surface area contributed by atoms with E-state index in [0.717, 1.165) is 5.56 Å². The van der Waals surface area contributed by atoms with Gasteiger partial charge in [-0.15, -0.1) is 0 Å². The smallest absolute Gasteiger partial charge is 0.270 e. The third kappa shape index (κ3) is 4.00. The summed E-state index contributed by atoms with van der Waals surface area (Å²) in [5.41, 5.74) is 0.951. The standard InChI is InChI=1S/C28H27ClFN5O3/c1-15(2)10-23(34(3)25(36)22-11-17-20(32-22)9-8-19(29)24(17)30)26(37)35-14-28(12-16(35)13-31)18-6-4-5-7-21(18)33-27(28)38/h4-9,11,15-16,23,32H,10,12,14H2,1-3H3,(H,33,38)/t16-,23-,28-/m0/s1. The van der Waals surface area contributed by atoms with Crippen molar-refractivity contribution in [3.63, 3.8) is 0 Å². The molecular weight excluding hydrogens is 509 g/mol. The van der Waals surface area contributed by atoms with E-state index in [0.29, 0.717) is 17.6 Å². The number of nitrogens with one attached hydrogen (secondary N) is 2. The molecule has 3 heterocycles.